The third kappa shape index (κ3) is 3.32. The van der Waals surface area contributed by atoms with Gasteiger partial charge >= 0.3 is 0 Å². The van der Waals surface area contributed by atoms with Gasteiger partial charge in [-0.25, -0.2) is 0 Å². The molecule has 1 aromatic carbocycles. The summed E-state index contributed by atoms with van der Waals surface area (Å²) in [4.78, 5) is 0. The first-order valence-electron chi connectivity index (χ1n) is 4.21. The molecule has 78 valence electrons. The zero-order chi connectivity index (χ0) is 10.6. The number of benzene rings is 1. The molecule has 0 aliphatic rings. The van der Waals surface area contributed by atoms with Gasteiger partial charge in [0.2, 0.25) is 0 Å². The van der Waals surface area contributed by atoms with E-state index in [1.165, 1.54) is 0 Å². The Morgan fingerprint density at radius 1 is 1.50 bits per heavy atom. The van der Waals surface area contributed by atoms with Crippen molar-refractivity contribution in [1.29, 1.82) is 0 Å². The highest BCUT2D eigenvalue weighted by Gasteiger charge is 2.03. The van der Waals surface area contributed by atoms with E-state index in [0.29, 0.717) is 12.2 Å². The summed E-state index contributed by atoms with van der Waals surface area (Å²) in [5.41, 5.74) is 7.15. The van der Waals surface area contributed by atoms with E-state index in [9.17, 15) is 0 Å². The molecule has 0 aliphatic heterocycles. The SMILES string of the molecule is Nc1cc(I)ccc1NCC(O)CO. The van der Waals surface area contributed by atoms with Crippen LogP contribution in [0.1, 0.15) is 0 Å². The molecule has 0 saturated heterocycles. The van der Waals surface area contributed by atoms with Gasteiger partial charge in [-0.15, -0.1) is 0 Å². The van der Waals surface area contributed by atoms with Crippen LogP contribution in [-0.2, 0) is 0 Å². The van der Waals surface area contributed by atoms with Gasteiger partial charge in [-0.05, 0) is 40.8 Å². The minimum atomic E-state index is -0.756. The van der Waals surface area contributed by atoms with Crippen LogP contribution in [0.5, 0.6) is 0 Å². The summed E-state index contributed by atoms with van der Waals surface area (Å²) in [6, 6.07) is 5.61. The zero-order valence-electron chi connectivity index (χ0n) is 7.57. The molecule has 5 heteroatoms. The van der Waals surface area contributed by atoms with Crippen LogP contribution in [0.15, 0.2) is 18.2 Å². The van der Waals surface area contributed by atoms with Gasteiger partial charge < -0.3 is 21.3 Å². The predicted molar refractivity (Wildman–Crippen MR) is 65.2 cm³/mol. The lowest BCUT2D eigenvalue weighted by molar-refractivity contribution is 0.105. The van der Waals surface area contributed by atoms with Gasteiger partial charge in [-0.2, -0.15) is 0 Å². The number of nitrogens with two attached hydrogens (primary N) is 1. The number of anilines is 2. The Morgan fingerprint density at radius 2 is 2.21 bits per heavy atom. The van der Waals surface area contributed by atoms with Gasteiger partial charge in [-0.1, -0.05) is 0 Å². The number of nitrogens with one attached hydrogen (secondary N) is 1. The Kier molecular flexibility index (Phi) is 4.43. The third-order valence-electron chi connectivity index (χ3n) is 1.75. The monoisotopic (exact) mass is 308 g/mol. The number of hydrogen-bond donors (Lipinski definition) is 4. The second kappa shape index (κ2) is 5.38. The number of nitrogen functional groups attached to an aromatic ring is 1. The number of halogens is 1. The minimum absolute atomic E-state index is 0.253. The molecule has 5 N–H and O–H groups in total. The van der Waals surface area contributed by atoms with Gasteiger partial charge in [-0.3, -0.25) is 0 Å². The smallest absolute Gasteiger partial charge is 0.0942 e. The zero-order valence-corrected chi connectivity index (χ0v) is 9.73. The molecule has 0 aromatic heterocycles. The standard InChI is InChI=1S/C9H13IN2O2/c10-6-1-2-9(8(11)3-6)12-4-7(14)5-13/h1-3,7,12-14H,4-5,11H2. The summed E-state index contributed by atoms with van der Waals surface area (Å²) in [5.74, 6) is 0. The number of aliphatic hydroxyl groups is 2. The lowest BCUT2D eigenvalue weighted by atomic mass is 10.2. The third-order valence-corrected chi connectivity index (χ3v) is 2.42. The first kappa shape index (κ1) is 11.5. The lowest BCUT2D eigenvalue weighted by Crippen LogP contribution is -2.23. The average molecular weight is 308 g/mol. The topological polar surface area (TPSA) is 78.5 Å². The van der Waals surface area contributed by atoms with Crippen LogP contribution in [-0.4, -0.2) is 29.5 Å². The van der Waals surface area contributed by atoms with Crippen molar-refractivity contribution >= 4 is 34.0 Å². The van der Waals surface area contributed by atoms with Gasteiger partial charge in [0, 0.05) is 10.1 Å². The molecule has 0 spiro atoms. The summed E-state index contributed by atoms with van der Waals surface area (Å²) in [5, 5.41) is 20.7. The van der Waals surface area contributed by atoms with E-state index in [2.05, 4.69) is 27.9 Å². The van der Waals surface area contributed by atoms with Crippen LogP contribution in [0, 0.1) is 3.57 Å². The maximum Gasteiger partial charge on any atom is 0.0942 e. The van der Waals surface area contributed by atoms with E-state index < -0.39 is 6.10 Å². The van der Waals surface area contributed by atoms with E-state index >= 15 is 0 Å². The Hall–Kier alpha value is -0.530. The maximum atomic E-state index is 9.11. The average Bonchev–Trinajstić information content (AvgIpc) is 2.16. The molecular weight excluding hydrogens is 295 g/mol. The maximum absolute atomic E-state index is 9.11. The van der Waals surface area contributed by atoms with Crippen molar-refractivity contribution in [1.82, 2.24) is 0 Å². The highest BCUT2D eigenvalue weighted by atomic mass is 127. The van der Waals surface area contributed by atoms with Crippen LogP contribution >= 0.6 is 22.6 Å². The van der Waals surface area contributed by atoms with E-state index in [-0.39, 0.29) is 6.61 Å². The summed E-state index contributed by atoms with van der Waals surface area (Å²) >= 11 is 2.17. The van der Waals surface area contributed by atoms with Crippen LogP contribution in [0.2, 0.25) is 0 Å². The molecule has 0 bridgehead atoms. The summed E-state index contributed by atoms with van der Waals surface area (Å²) < 4.78 is 1.06. The number of hydrogen-bond acceptors (Lipinski definition) is 4. The second-order valence-electron chi connectivity index (χ2n) is 2.95. The first-order chi connectivity index (χ1) is 6.63. The fourth-order valence-electron chi connectivity index (χ4n) is 0.987. The van der Waals surface area contributed by atoms with Gasteiger partial charge in [0.05, 0.1) is 24.1 Å². The quantitative estimate of drug-likeness (QED) is 0.486. The molecule has 0 saturated carbocycles. The first-order valence-corrected chi connectivity index (χ1v) is 5.29. The van der Waals surface area contributed by atoms with Crippen LogP contribution < -0.4 is 11.1 Å². The van der Waals surface area contributed by atoms with E-state index in [4.69, 9.17) is 15.9 Å². The summed E-state index contributed by atoms with van der Waals surface area (Å²) in [7, 11) is 0. The summed E-state index contributed by atoms with van der Waals surface area (Å²) in [6.45, 7) is 0.0402. The highest BCUT2D eigenvalue weighted by Crippen LogP contribution is 2.20. The van der Waals surface area contributed by atoms with Crippen molar-refractivity contribution in [2.24, 2.45) is 0 Å². The fourth-order valence-corrected chi connectivity index (χ4v) is 1.50. The van der Waals surface area contributed by atoms with Crippen LogP contribution in [0.3, 0.4) is 0 Å². The Labute approximate surface area is 96.3 Å². The molecule has 0 heterocycles. The summed E-state index contributed by atoms with van der Waals surface area (Å²) in [6.07, 6.45) is -0.756. The molecule has 0 amide bonds. The van der Waals surface area contributed by atoms with Crippen molar-refractivity contribution in [2.45, 2.75) is 6.10 Å². The number of rotatable bonds is 4. The molecule has 14 heavy (non-hydrogen) atoms. The van der Waals surface area contributed by atoms with Crippen LogP contribution in [0.25, 0.3) is 0 Å². The van der Waals surface area contributed by atoms with Crippen molar-refractivity contribution < 1.29 is 10.2 Å². The molecule has 1 rings (SSSR count). The fraction of sp³-hybridized carbons (Fsp3) is 0.333. The Balaban J connectivity index is 2.59. The van der Waals surface area contributed by atoms with Crippen molar-refractivity contribution in [3.8, 4) is 0 Å². The van der Waals surface area contributed by atoms with E-state index in [1.807, 2.05) is 18.2 Å². The van der Waals surface area contributed by atoms with Crippen LogP contribution in [0.4, 0.5) is 11.4 Å². The molecular formula is C9H13IN2O2. The van der Waals surface area contributed by atoms with Crippen molar-refractivity contribution in [3.63, 3.8) is 0 Å². The molecule has 1 unspecified atom stereocenters. The van der Waals surface area contributed by atoms with Gasteiger partial charge in [0.15, 0.2) is 0 Å². The predicted octanol–water partition coefficient (Wildman–Crippen LogP) is 0.639. The Bertz CT molecular complexity index is 307. The molecule has 0 fully saturated rings. The molecule has 1 atom stereocenters. The largest absolute Gasteiger partial charge is 0.397 e. The van der Waals surface area contributed by atoms with Gasteiger partial charge in [0.25, 0.3) is 0 Å². The highest BCUT2D eigenvalue weighted by molar-refractivity contribution is 14.1. The van der Waals surface area contributed by atoms with Crippen molar-refractivity contribution in [2.75, 3.05) is 24.2 Å². The second-order valence-corrected chi connectivity index (χ2v) is 4.19. The minimum Gasteiger partial charge on any atom is -0.397 e. The molecule has 0 aliphatic carbocycles. The van der Waals surface area contributed by atoms with Crippen molar-refractivity contribution in [3.05, 3.63) is 21.8 Å². The molecule has 0 radical (unpaired) electrons. The lowest BCUT2D eigenvalue weighted by Gasteiger charge is -2.12. The van der Waals surface area contributed by atoms with E-state index in [0.717, 1.165) is 9.26 Å². The number of aliphatic hydroxyl groups excluding tert-OH is 2. The normalized spacial score (nSPS) is 12.5. The Morgan fingerprint density at radius 3 is 2.79 bits per heavy atom. The molecule has 1 aromatic rings. The van der Waals surface area contributed by atoms with E-state index in [1.54, 1.807) is 0 Å². The van der Waals surface area contributed by atoms with Gasteiger partial charge in [0.1, 0.15) is 0 Å². The molecule has 4 nitrogen and oxygen atoms in total.